The van der Waals surface area contributed by atoms with Crippen LogP contribution in [-0.2, 0) is 17.6 Å². The SMILES string of the molecule is COC(=O)c1ccccc1CC1CCN(CCc2c(C)noc2C)C1. The Hall–Kier alpha value is -2.14. The Morgan fingerprint density at radius 2 is 2.16 bits per heavy atom. The van der Waals surface area contributed by atoms with Gasteiger partial charge in [-0.05, 0) is 57.2 Å². The lowest BCUT2D eigenvalue weighted by atomic mass is 9.95. The van der Waals surface area contributed by atoms with E-state index in [1.54, 1.807) is 0 Å². The number of aryl methyl sites for hydroxylation is 2. The van der Waals surface area contributed by atoms with Crippen LogP contribution in [0.3, 0.4) is 0 Å². The molecule has 1 aromatic carbocycles. The molecular weight excluding hydrogens is 316 g/mol. The molecular formula is C20H26N2O3. The van der Waals surface area contributed by atoms with Crippen molar-refractivity contribution < 1.29 is 14.1 Å². The number of benzene rings is 1. The molecule has 1 unspecified atom stereocenters. The average Bonchev–Trinajstić information content (AvgIpc) is 3.19. The Labute approximate surface area is 148 Å². The van der Waals surface area contributed by atoms with Gasteiger partial charge in [0.2, 0.25) is 0 Å². The lowest BCUT2D eigenvalue weighted by Gasteiger charge is -2.16. The third kappa shape index (κ3) is 4.10. The fourth-order valence-corrected chi connectivity index (χ4v) is 3.73. The minimum Gasteiger partial charge on any atom is -0.465 e. The van der Waals surface area contributed by atoms with E-state index in [9.17, 15) is 4.79 Å². The van der Waals surface area contributed by atoms with Gasteiger partial charge in [-0.2, -0.15) is 0 Å². The highest BCUT2D eigenvalue weighted by molar-refractivity contribution is 5.90. The molecule has 1 atom stereocenters. The Balaban J connectivity index is 1.56. The van der Waals surface area contributed by atoms with Gasteiger partial charge >= 0.3 is 5.97 Å². The Kier molecular flexibility index (Phi) is 5.53. The summed E-state index contributed by atoms with van der Waals surface area (Å²) in [4.78, 5) is 14.4. The van der Waals surface area contributed by atoms with E-state index in [0.717, 1.165) is 55.9 Å². The summed E-state index contributed by atoms with van der Waals surface area (Å²) in [5.41, 5.74) is 4.02. The predicted molar refractivity (Wildman–Crippen MR) is 95.7 cm³/mol. The van der Waals surface area contributed by atoms with Crippen LogP contribution in [0, 0.1) is 19.8 Å². The summed E-state index contributed by atoms with van der Waals surface area (Å²) in [6, 6.07) is 7.77. The van der Waals surface area contributed by atoms with Crippen molar-refractivity contribution in [1.82, 2.24) is 10.1 Å². The molecule has 2 heterocycles. The van der Waals surface area contributed by atoms with E-state index in [1.807, 2.05) is 38.1 Å². The molecule has 0 N–H and O–H groups in total. The molecule has 25 heavy (non-hydrogen) atoms. The molecule has 0 saturated carbocycles. The second kappa shape index (κ2) is 7.83. The molecule has 5 heteroatoms. The van der Waals surface area contributed by atoms with Crippen LogP contribution in [0.15, 0.2) is 28.8 Å². The van der Waals surface area contributed by atoms with Crippen molar-refractivity contribution in [3.63, 3.8) is 0 Å². The van der Waals surface area contributed by atoms with Crippen LogP contribution in [0.25, 0.3) is 0 Å². The standard InChI is InChI=1S/C20H26N2O3/c1-14-18(15(2)25-21-14)9-11-22-10-8-16(13-22)12-17-6-4-5-7-19(17)20(23)24-3/h4-7,16H,8-13H2,1-3H3. The van der Waals surface area contributed by atoms with Gasteiger partial charge in [0.05, 0.1) is 18.4 Å². The first-order chi connectivity index (χ1) is 12.1. The van der Waals surface area contributed by atoms with Gasteiger partial charge in [0, 0.05) is 18.7 Å². The molecule has 0 radical (unpaired) electrons. The molecule has 0 bridgehead atoms. The molecule has 1 saturated heterocycles. The Bertz CT molecular complexity index is 719. The summed E-state index contributed by atoms with van der Waals surface area (Å²) in [6.45, 7) is 7.18. The molecule has 0 amide bonds. The number of esters is 1. The molecule has 0 spiro atoms. The van der Waals surface area contributed by atoms with Gasteiger partial charge < -0.3 is 14.2 Å². The molecule has 134 valence electrons. The van der Waals surface area contributed by atoms with Gasteiger partial charge in [-0.1, -0.05) is 23.4 Å². The number of carbonyl (C=O) groups excluding carboxylic acids is 1. The van der Waals surface area contributed by atoms with Gasteiger partial charge in [-0.3, -0.25) is 0 Å². The predicted octanol–water partition coefficient (Wildman–Crippen LogP) is 3.19. The first-order valence-corrected chi connectivity index (χ1v) is 8.88. The summed E-state index contributed by atoms with van der Waals surface area (Å²) in [5.74, 6) is 1.26. The highest BCUT2D eigenvalue weighted by Crippen LogP contribution is 2.24. The van der Waals surface area contributed by atoms with Crippen LogP contribution in [0.2, 0.25) is 0 Å². The fraction of sp³-hybridized carbons (Fsp3) is 0.500. The topological polar surface area (TPSA) is 55.6 Å². The van der Waals surface area contributed by atoms with E-state index in [4.69, 9.17) is 9.26 Å². The van der Waals surface area contributed by atoms with Crippen molar-refractivity contribution in [2.75, 3.05) is 26.7 Å². The number of carbonyl (C=O) groups is 1. The quantitative estimate of drug-likeness (QED) is 0.755. The highest BCUT2D eigenvalue weighted by atomic mass is 16.5. The minimum atomic E-state index is -0.246. The number of hydrogen-bond donors (Lipinski definition) is 0. The second-order valence-corrected chi connectivity index (χ2v) is 6.86. The number of likely N-dealkylation sites (tertiary alicyclic amines) is 1. The summed E-state index contributed by atoms with van der Waals surface area (Å²) >= 11 is 0. The Morgan fingerprint density at radius 1 is 1.36 bits per heavy atom. The summed E-state index contributed by atoms with van der Waals surface area (Å²) in [6.07, 6.45) is 3.07. The molecule has 1 aliphatic heterocycles. The van der Waals surface area contributed by atoms with Crippen LogP contribution in [0.4, 0.5) is 0 Å². The number of hydrogen-bond acceptors (Lipinski definition) is 5. The third-order valence-electron chi connectivity index (χ3n) is 5.16. The van der Waals surface area contributed by atoms with Gasteiger partial charge in [-0.15, -0.1) is 0 Å². The zero-order chi connectivity index (χ0) is 17.8. The van der Waals surface area contributed by atoms with E-state index in [2.05, 4.69) is 10.1 Å². The molecule has 1 fully saturated rings. The van der Waals surface area contributed by atoms with Crippen LogP contribution in [0.5, 0.6) is 0 Å². The van der Waals surface area contributed by atoms with Gasteiger partial charge in [0.15, 0.2) is 0 Å². The van der Waals surface area contributed by atoms with E-state index in [-0.39, 0.29) is 5.97 Å². The third-order valence-corrected chi connectivity index (χ3v) is 5.16. The highest BCUT2D eigenvalue weighted by Gasteiger charge is 2.24. The van der Waals surface area contributed by atoms with Crippen LogP contribution < -0.4 is 0 Å². The van der Waals surface area contributed by atoms with E-state index in [0.29, 0.717) is 11.5 Å². The largest absolute Gasteiger partial charge is 0.465 e. The van der Waals surface area contributed by atoms with Crippen molar-refractivity contribution >= 4 is 5.97 Å². The number of rotatable bonds is 6. The smallest absolute Gasteiger partial charge is 0.338 e. The Morgan fingerprint density at radius 3 is 2.88 bits per heavy atom. The van der Waals surface area contributed by atoms with Gasteiger partial charge in [0.1, 0.15) is 5.76 Å². The van der Waals surface area contributed by atoms with Crippen molar-refractivity contribution in [1.29, 1.82) is 0 Å². The van der Waals surface area contributed by atoms with Gasteiger partial charge in [-0.25, -0.2) is 4.79 Å². The molecule has 2 aromatic rings. The normalized spacial score (nSPS) is 17.8. The van der Waals surface area contributed by atoms with E-state index < -0.39 is 0 Å². The molecule has 1 aliphatic rings. The van der Waals surface area contributed by atoms with E-state index >= 15 is 0 Å². The second-order valence-electron chi connectivity index (χ2n) is 6.86. The average molecular weight is 342 g/mol. The zero-order valence-electron chi connectivity index (χ0n) is 15.2. The van der Waals surface area contributed by atoms with Gasteiger partial charge in [0.25, 0.3) is 0 Å². The van der Waals surface area contributed by atoms with E-state index in [1.165, 1.54) is 12.7 Å². The summed E-state index contributed by atoms with van der Waals surface area (Å²) < 4.78 is 10.1. The van der Waals surface area contributed by atoms with Crippen LogP contribution >= 0.6 is 0 Å². The van der Waals surface area contributed by atoms with Crippen molar-refractivity contribution in [2.24, 2.45) is 5.92 Å². The maximum Gasteiger partial charge on any atom is 0.338 e. The molecule has 0 aliphatic carbocycles. The minimum absolute atomic E-state index is 0.246. The number of methoxy groups -OCH3 is 1. The molecule has 5 nitrogen and oxygen atoms in total. The molecule has 1 aromatic heterocycles. The number of nitrogens with zero attached hydrogens (tertiary/aromatic N) is 2. The van der Waals surface area contributed by atoms with Crippen molar-refractivity contribution in [3.8, 4) is 0 Å². The lowest BCUT2D eigenvalue weighted by molar-refractivity contribution is 0.0599. The first kappa shape index (κ1) is 17.7. The van der Waals surface area contributed by atoms with Crippen molar-refractivity contribution in [3.05, 3.63) is 52.4 Å². The first-order valence-electron chi connectivity index (χ1n) is 8.88. The summed E-state index contributed by atoms with van der Waals surface area (Å²) in [5, 5.41) is 4.03. The number of ether oxygens (including phenoxy) is 1. The molecule has 3 rings (SSSR count). The zero-order valence-corrected chi connectivity index (χ0v) is 15.2. The number of aromatic nitrogens is 1. The van der Waals surface area contributed by atoms with Crippen LogP contribution in [-0.4, -0.2) is 42.8 Å². The van der Waals surface area contributed by atoms with Crippen molar-refractivity contribution in [2.45, 2.75) is 33.1 Å². The fourth-order valence-electron chi connectivity index (χ4n) is 3.73. The lowest BCUT2D eigenvalue weighted by Crippen LogP contribution is -2.24. The monoisotopic (exact) mass is 342 g/mol. The maximum atomic E-state index is 11.9. The summed E-state index contributed by atoms with van der Waals surface area (Å²) in [7, 11) is 1.44. The van der Waals surface area contributed by atoms with Crippen LogP contribution in [0.1, 0.15) is 39.4 Å². The maximum absolute atomic E-state index is 11.9.